The Balaban J connectivity index is 2.34. The van der Waals surface area contributed by atoms with Gasteiger partial charge < -0.3 is 10.2 Å². The first kappa shape index (κ1) is 15.2. The summed E-state index contributed by atoms with van der Waals surface area (Å²) in [7, 11) is 0. The van der Waals surface area contributed by atoms with Crippen molar-refractivity contribution in [2.24, 2.45) is 0 Å². The lowest BCUT2D eigenvalue weighted by atomic mass is 10.2. The molecule has 7 nitrogen and oxygen atoms in total. The number of pyridine rings is 1. The largest absolute Gasteiger partial charge is 0.349 e. The van der Waals surface area contributed by atoms with Crippen LogP contribution in [0.5, 0.6) is 0 Å². The van der Waals surface area contributed by atoms with Crippen LogP contribution in [0.15, 0.2) is 12.3 Å². The lowest BCUT2D eigenvalue weighted by Crippen LogP contribution is -2.38. The lowest BCUT2D eigenvalue weighted by molar-refractivity contribution is -0.384. The topological polar surface area (TPSA) is 95.1 Å². The molecule has 1 N–H and O–H groups in total. The van der Waals surface area contributed by atoms with Crippen LogP contribution in [0.25, 0.3) is 0 Å². The van der Waals surface area contributed by atoms with Crippen LogP contribution in [-0.4, -0.2) is 35.6 Å². The summed E-state index contributed by atoms with van der Waals surface area (Å²) < 4.78 is 0. The SMILES string of the molecule is CCCN(CC1CCCN1)c1nccc(C#N)c1[N+](=O)[O-]. The van der Waals surface area contributed by atoms with Crippen molar-refractivity contribution in [2.75, 3.05) is 24.5 Å². The highest BCUT2D eigenvalue weighted by molar-refractivity contribution is 5.65. The van der Waals surface area contributed by atoms with E-state index in [1.54, 1.807) is 0 Å². The first-order valence-corrected chi connectivity index (χ1v) is 7.19. The van der Waals surface area contributed by atoms with Gasteiger partial charge in [0.2, 0.25) is 5.82 Å². The predicted octanol–water partition coefficient (Wildman–Crippen LogP) is 1.83. The van der Waals surface area contributed by atoms with Crippen LogP contribution in [0.2, 0.25) is 0 Å². The Morgan fingerprint density at radius 3 is 3.05 bits per heavy atom. The number of hydrogen-bond donors (Lipinski definition) is 1. The lowest BCUT2D eigenvalue weighted by Gasteiger charge is -2.26. The van der Waals surface area contributed by atoms with E-state index in [1.807, 2.05) is 17.9 Å². The molecule has 0 radical (unpaired) electrons. The van der Waals surface area contributed by atoms with Gasteiger partial charge in [-0.25, -0.2) is 4.98 Å². The second-order valence-electron chi connectivity index (χ2n) is 5.14. The second-order valence-corrected chi connectivity index (χ2v) is 5.14. The molecule has 0 aliphatic carbocycles. The van der Waals surface area contributed by atoms with Crippen LogP contribution in [0, 0.1) is 21.4 Å². The smallest absolute Gasteiger partial charge is 0.329 e. The van der Waals surface area contributed by atoms with Gasteiger partial charge in [-0.1, -0.05) is 6.92 Å². The first-order chi connectivity index (χ1) is 10.2. The van der Waals surface area contributed by atoms with E-state index in [-0.39, 0.29) is 11.3 Å². The van der Waals surface area contributed by atoms with E-state index in [2.05, 4.69) is 10.3 Å². The van der Waals surface area contributed by atoms with Crippen LogP contribution >= 0.6 is 0 Å². The molecular formula is C14H19N5O2. The maximum absolute atomic E-state index is 11.3. The fraction of sp³-hybridized carbons (Fsp3) is 0.571. The highest BCUT2D eigenvalue weighted by Crippen LogP contribution is 2.29. The fourth-order valence-corrected chi connectivity index (χ4v) is 2.68. The second kappa shape index (κ2) is 6.99. The monoisotopic (exact) mass is 289 g/mol. The van der Waals surface area contributed by atoms with Gasteiger partial charge in [-0.15, -0.1) is 0 Å². The molecule has 112 valence electrons. The summed E-state index contributed by atoms with van der Waals surface area (Å²) in [6, 6.07) is 3.60. The minimum atomic E-state index is -0.508. The van der Waals surface area contributed by atoms with Gasteiger partial charge >= 0.3 is 5.69 Å². The van der Waals surface area contributed by atoms with Crippen molar-refractivity contribution in [3.63, 3.8) is 0 Å². The van der Waals surface area contributed by atoms with E-state index in [0.717, 1.165) is 25.8 Å². The van der Waals surface area contributed by atoms with E-state index in [0.29, 0.717) is 24.9 Å². The van der Waals surface area contributed by atoms with E-state index < -0.39 is 4.92 Å². The summed E-state index contributed by atoms with van der Waals surface area (Å²) in [6.45, 7) is 4.37. The minimum absolute atomic E-state index is 0.0606. The van der Waals surface area contributed by atoms with Crippen molar-refractivity contribution in [1.29, 1.82) is 5.26 Å². The highest BCUT2D eigenvalue weighted by Gasteiger charge is 2.27. The molecule has 1 atom stereocenters. The Morgan fingerprint density at radius 2 is 2.48 bits per heavy atom. The van der Waals surface area contributed by atoms with Gasteiger partial charge in [0.15, 0.2) is 0 Å². The predicted molar refractivity (Wildman–Crippen MR) is 79.1 cm³/mol. The first-order valence-electron chi connectivity index (χ1n) is 7.19. The van der Waals surface area contributed by atoms with Crippen molar-refractivity contribution >= 4 is 11.5 Å². The molecule has 2 rings (SSSR count). The zero-order valence-corrected chi connectivity index (χ0v) is 12.1. The summed E-state index contributed by atoms with van der Waals surface area (Å²) in [6.07, 6.45) is 4.51. The molecule has 0 aromatic carbocycles. The molecule has 2 heterocycles. The Bertz CT molecular complexity index is 549. The number of anilines is 1. The van der Waals surface area contributed by atoms with Gasteiger partial charge in [0.25, 0.3) is 0 Å². The number of nitro groups is 1. The van der Waals surface area contributed by atoms with Gasteiger partial charge in [0, 0.05) is 25.3 Å². The average Bonchev–Trinajstić information content (AvgIpc) is 2.98. The zero-order chi connectivity index (χ0) is 15.2. The molecule has 1 unspecified atom stereocenters. The molecular weight excluding hydrogens is 270 g/mol. The summed E-state index contributed by atoms with van der Waals surface area (Å²) in [5.41, 5.74) is -0.128. The molecule has 1 aliphatic rings. The van der Waals surface area contributed by atoms with Gasteiger partial charge in [0.1, 0.15) is 11.6 Å². The molecule has 1 fully saturated rings. The van der Waals surface area contributed by atoms with Crippen LogP contribution in [0.3, 0.4) is 0 Å². The molecule has 21 heavy (non-hydrogen) atoms. The number of aromatic nitrogens is 1. The third-order valence-corrected chi connectivity index (χ3v) is 3.60. The van der Waals surface area contributed by atoms with Crippen LogP contribution in [-0.2, 0) is 0 Å². The number of rotatable bonds is 6. The molecule has 1 aromatic rings. The standard InChI is InChI=1S/C14H19N5O2/c1-2-8-18(10-12-4-3-6-16-12)14-13(19(20)21)11(9-15)5-7-17-14/h5,7,12,16H,2-4,6,8,10H2,1H3. The Morgan fingerprint density at radius 1 is 1.67 bits per heavy atom. The summed E-state index contributed by atoms with van der Waals surface area (Å²) >= 11 is 0. The highest BCUT2D eigenvalue weighted by atomic mass is 16.6. The molecule has 0 bridgehead atoms. The zero-order valence-electron chi connectivity index (χ0n) is 12.1. The van der Waals surface area contributed by atoms with Crippen molar-refractivity contribution in [1.82, 2.24) is 10.3 Å². The quantitative estimate of drug-likeness (QED) is 0.634. The van der Waals surface area contributed by atoms with Crippen molar-refractivity contribution in [2.45, 2.75) is 32.2 Å². The third kappa shape index (κ3) is 3.47. The minimum Gasteiger partial charge on any atom is -0.349 e. The molecule has 0 amide bonds. The average molecular weight is 289 g/mol. The maximum atomic E-state index is 11.3. The molecule has 1 saturated heterocycles. The van der Waals surface area contributed by atoms with E-state index >= 15 is 0 Å². The van der Waals surface area contributed by atoms with Crippen molar-refractivity contribution < 1.29 is 4.92 Å². The van der Waals surface area contributed by atoms with E-state index in [4.69, 9.17) is 5.26 Å². The Labute approximate surface area is 123 Å². The number of nitriles is 1. The molecule has 1 aliphatic heterocycles. The van der Waals surface area contributed by atoms with Gasteiger partial charge in [-0.2, -0.15) is 5.26 Å². The van der Waals surface area contributed by atoms with Gasteiger partial charge in [0.05, 0.1) is 4.92 Å². The third-order valence-electron chi connectivity index (χ3n) is 3.60. The Hall–Kier alpha value is -2.20. The fourth-order valence-electron chi connectivity index (χ4n) is 2.68. The molecule has 7 heteroatoms. The van der Waals surface area contributed by atoms with Crippen molar-refractivity contribution in [3.8, 4) is 6.07 Å². The molecule has 0 spiro atoms. The van der Waals surface area contributed by atoms with Gasteiger partial charge in [-0.3, -0.25) is 10.1 Å². The molecule has 0 saturated carbocycles. The summed E-state index contributed by atoms with van der Waals surface area (Å²) in [5, 5.41) is 23.8. The Kier molecular flexibility index (Phi) is 5.06. The normalized spacial score (nSPS) is 17.4. The van der Waals surface area contributed by atoms with Crippen molar-refractivity contribution in [3.05, 3.63) is 27.9 Å². The van der Waals surface area contributed by atoms with E-state index in [1.165, 1.54) is 12.3 Å². The van der Waals surface area contributed by atoms with Crippen LogP contribution in [0.4, 0.5) is 11.5 Å². The number of hydrogen-bond acceptors (Lipinski definition) is 6. The maximum Gasteiger partial charge on any atom is 0.329 e. The number of nitrogens with zero attached hydrogens (tertiary/aromatic N) is 4. The summed E-state index contributed by atoms with van der Waals surface area (Å²) in [5.74, 6) is 0.301. The van der Waals surface area contributed by atoms with Crippen LogP contribution in [0.1, 0.15) is 31.7 Å². The van der Waals surface area contributed by atoms with E-state index in [9.17, 15) is 10.1 Å². The number of nitrogens with one attached hydrogen (secondary N) is 1. The molecule has 1 aromatic heterocycles. The summed E-state index contributed by atoms with van der Waals surface area (Å²) in [4.78, 5) is 16.9. The van der Waals surface area contributed by atoms with Gasteiger partial charge in [-0.05, 0) is 31.9 Å². The van der Waals surface area contributed by atoms with Crippen LogP contribution < -0.4 is 10.2 Å².